The van der Waals surface area contributed by atoms with Gasteiger partial charge >= 0.3 is 15.6 Å². The number of aliphatic imine (C=N–C) groups is 1. The predicted molar refractivity (Wildman–Crippen MR) is 84.2 cm³/mol. The third-order valence-electron chi connectivity index (χ3n) is 3.79. The molecule has 3 heterocycles. The van der Waals surface area contributed by atoms with Gasteiger partial charge in [0.15, 0.2) is 18.3 Å². The van der Waals surface area contributed by atoms with Crippen LogP contribution in [0.5, 0.6) is 0 Å². The number of aliphatic hydroxyl groups excluding tert-OH is 3. The molecule has 0 spiro atoms. The lowest BCUT2D eigenvalue weighted by Crippen LogP contribution is -2.33. The van der Waals surface area contributed by atoms with Gasteiger partial charge in [-0.3, -0.25) is 9.09 Å². The number of phosphoric ester groups is 1. The average Bonchev–Trinajstić information content (AvgIpc) is 3.10. The Balaban J connectivity index is 1.79. The van der Waals surface area contributed by atoms with Crippen molar-refractivity contribution >= 4 is 27.8 Å². The lowest BCUT2D eigenvalue weighted by atomic mass is 10.1. The summed E-state index contributed by atoms with van der Waals surface area (Å²) in [7, 11) is -9.81. The van der Waals surface area contributed by atoms with E-state index in [1.54, 1.807) is 0 Å². The fraction of sp³-hybridized carbons (Fsp3) is 0.600. The molecule has 1 aromatic rings. The maximum absolute atomic E-state index is 10.9. The summed E-state index contributed by atoms with van der Waals surface area (Å²) in [6, 6.07) is 0. The highest BCUT2D eigenvalue weighted by Crippen LogP contribution is 2.43. The molecule has 2 aliphatic heterocycles. The zero-order valence-corrected chi connectivity index (χ0v) is 15.4. The molecule has 3 unspecified atom stereocenters. The highest BCUT2D eigenvalue weighted by molar-refractivity contribution is 7.46. The first-order valence-electron chi connectivity index (χ1n) is 7.41. The number of hydroxylamine groups is 2. The summed E-state index contributed by atoms with van der Waals surface area (Å²) in [5.41, 5.74) is -0.198. The van der Waals surface area contributed by atoms with Crippen molar-refractivity contribution in [3.05, 3.63) is 12.0 Å². The van der Waals surface area contributed by atoms with Gasteiger partial charge in [-0.2, -0.15) is 9.69 Å². The Morgan fingerprint density at radius 3 is 2.39 bits per heavy atom. The molecular weight excluding hydrogens is 430 g/mol. The summed E-state index contributed by atoms with van der Waals surface area (Å²) in [6.45, 7) is -0.717. The van der Waals surface area contributed by atoms with Crippen molar-refractivity contribution in [3.8, 4) is 0 Å². The number of rotatable bonds is 6. The molecule has 0 radical (unpaired) electrons. The number of aromatic nitrogens is 2. The van der Waals surface area contributed by atoms with Gasteiger partial charge in [0, 0.05) is 0 Å². The van der Waals surface area contributed by atoms with Crippen LogP contribution in [-0.2, 0) is 23.0 Å². The number of hydrogen-bond donors (Lipinski definition) is 7. The van der Waals surface area contributed by atoms with E-state index in [4.69, 9.17) is 24.3 Å². The Labute approximate surface area is 155 Å². The van der Waals surface area contributed by atoms with Gasteiger partial charge in [0.05, 0.1) is 12.9 Å². The molecule has 0 aromatic carbocycles. The van der Waals surface area contributed by atoms with Gasteiger partial charge in [0.2, 0.25) is 0 Å². The first-order chi connectivity index (χ1) is 12.9. The Morgan fingerprint density at radius 1 is 1.11 bits per heavy atom. The molecule has 16 nitrogen and oxygen atoms in total. The van der Waals surface area contributed by atoms with Gasteiger partial charge < -0.3 is 39.6 Å². The summed E-state index contributed by atoms with van der Waals surface area (Å²) in [4.78, 5) is 42.7. The zero-order valence-electron chi connectivity index (χ0n) is 13.6. The fourth-order valence-corrected chi connectivity index (χ4v) is 3.34. The largest absolute Gasteiger partial charge is 0.491 e. The number of ether oxygens (including phenoxy) is 1. The van der Waals surface area contributed by atoms with Gasteiger partial charge in [-0.25, -0.2) is 19.1 Å². The lowest BCUT2D eigenvalue weighted by Gasteiger charge is -2.27. The molecule has 7 N–H and O–H groups in total. The normalized spacial score (nSPS) is 30.7. The van der Waals surface area contributed by atoms with E-state index in [2.05, 4.69) is 19.1 Å². The highest BCUT2D eigenvalue weighted by atomic mass is 31.2. The second-order valence-electron chi connectivity index (χ2n) is 5.74. The summed E-state index contributed by atoms with van der Waals surface area (Å²) >= 11 is 0. The summed E-state index contributed by atoms with van der Waals surface area (Å²) in [6.07, 6.45) is -5.66. The van der Waals surface area contributed by atoms with Gasteiger partial charge in [-0.05, 0) is 0 Å². The van der Waals surface area contributed by atoms with E-state index >= 15 is 0 Å². The molecule has 18 heteroatoms. The van der Waals surface area contributed by atoms with E-state index in [1.807, 2.05) is 0 Å². The van der Waals surface area contributed by atoms with Crippen LogP contribution in [0.4, 0.5) is 5.82 Å². The van der Waals surface area contributed by atoms with Crippen LogP contribution in [-0.4, -0.2) is 80.8 Å². The second-order valence-corrected chi connectivity index (χ2v) is 8.13. The van der Waals surface area contributed by atoms with Crippen molar-refractivity contribution in [3.63, 3.8) is 0 Å². The number of aliphatic hydroxyl groups is 3. The molecule has 1 fully saturated rings. The molecule has 2 aliphatic rings. The predicted octanol–water partition coefficient (Wildman–Crippen LogP) is -2.40. The van der Waals surface area contributed by atoms with Crippen molar-refractivity contribution in [2.45, 2.75) is 30.8 Å². The molecule has 28 heavy (non-hydrogen) atoms. The molecule has 1 saturated heterocycles. The number of nitrogens with zero attached hydrogens (tertiary/aromatic N) is 4. The van der Waals surface area contributed by atoms with Crippen LogP contribution in [0.2, 0.25) is 0 Å². The van der Waals surface area contributed by atoms with Crippen LogP contribution in [0.15, 0.2) is 11.3 Å². The Kier molecular flexibility index (Phi) is 5.77. The molecule has 1 aromatic heterocycles. The van der Waals surface area contributed by atoms with E-state index in [0.717, 1.165) is 17.2 Å². The monoisotopic (exact) mass is 446 g/mol. The van der Waals surface area contributed by atoms with Crippen LogP contribution in [0.25, 0.3) is 0 Å². The first-order valence-corrected chi connectivity index (χ1v) is 10.5. The summed E-state index contributed by atoms with van der Waals surface area (Å²) in [5, 5.41) is 30.7. The van der Waals surface area contributed by atoms with Crippen LogP contribution < -0.4 is 0 Å². The maximum atomic E-state index is 10.9. The molecule has 0 aliphatic carbocycles. The number of imidazole rings is 1. The lowest BCUT2D eigenvalue weighted by molar-refractivity contribution is -0.129. The third kappa shape index (κ3) is 4.49. The molecule has 5 atom stereocenters. The van der Waals surface area contributed by atoms with E-state index < -0.39 is 53.0 Å². The van der Waals surface area contributed by atoms with Crippen LogP contribution in [0, 0.1) is 0 Å². The first kappa shape index (κ1) is 21.4. The quantitative estimate of drug-likeness (QED) is 0.226. The van der Waals surface area contributed by atoms with Gasteiger partial charge in [0.25, 0.3) is 0 Å². The van der Waals surface area contributed by atoms with Crippen molar-refractivity contribution in [1.82, 2.24) is 14.6 Å². The SMILES string of the molecule is O=P(O)(O)OC[C@H]1O[C@@H](n2cnc3c2N=CN(OP(=O)(O)O)C3O)C(O)C1O. The minimum atomic E-state index is -4.98. The van der Waals surface area contributed by atoms with Crippen molar-refractivity contribution in [2.24, 2.45) is 4.99 Å². The minimum absolute atomic E-state index is 0.0779. The fourth-order valence-electron chi connectivity index (χ4n) is 2.62. The van der Waals surface area contributed by atoms with Crippen LogP contribution >= 0.6 is 15.6 Å². The smallest absolute Gasteiger partial charge is 0.387 e. The number of phosphoric acid groups is 2. The zero-order chi connectivity index (χ0) is 20.9. The van der Waals surface area contributed by atoms with E-state index in [1.165, 1.54) is 0 Å². The van der Waals surface area contributed by atoms with Gasteiger partial charge in [0.1, 0.15) is 30.3 Å². The molecule has 158 valence electrons. The second kappa shape index (κ2) is 7.53. The average molecular weight is 446 g/mol. The molecule has 0 amide bonds. The number of fused-ring (bicyclic) bond motifs is 1. The molecule has 0 saturated carbocycles. The Morgan fingerprint density at radius 2 is 1.79 bits per heavy atom. The number of hydrogen-bond acceptors (Lipinski definition) is 11. The van der Waals surface area contributed by atoms with Gasteiger partial charge in [-0.1, -0.05) is 0 Å². The van der Waals surface area contributed by atoms with Crippen molar-refractivity contribution < 1.29 is 57.9 Å². The van der Waals surface area contributed by atoms with E-state index in [9.17, 15) is 24.4 Å². The minimum Gasteiger partial charge on any atom is -0.387 e. The van der Waals surface area contributed by atoms with Crippen LogP contribution in [0.1, 0.15) is 18.1 Å². The third-order valence-corrected chi connectivity index (χ3v) is 4.68. The Bertz CT molecular complexity index is 849. The van der Waals surface area contributed by atoms with Crippen molar-refractivity contribution in [2.75, 3.05) is 6.61 Å². The molecular formula is C10H16N4O12P2. The summed E-state index contributed by atoms with van der Waals surface area (Å²) in [5.74, 6) is -0.0779. The highest BCUT2D eigenvalue weighted by Gasteiger charge is 2.46. The van der Waals surface area contributed by atoms with E-state index in [-0.39, 0.29) is 11.5 Å². The standard InChI is InChI=1S/C10H16N4O12P2/c15-6-4(1-24-27(18,19)20)25-10(7(6)16)13-2-11-5-8(13)12-3-14(9(5)17)26-28(21,22)23/h2-4,6-7,9-10,15-17H,1H2,(H2,18,19,20)(H2,21,22,23)/t4-,6?,7?,9?,10-/m1/s1. The Hall–Kier alpha value is -1.26. The maximum Gasteiger partial charge on any atom is 0.491 e. The van der Waals surface area contributed by atoms with E-state index in [0.29, 0.717) is 5.06 Å². The van der Waals surface area contributed by atoms with Crippen molar-refractivity contribution in [1.29, 1.82) is 0 Å². The topological polar surface area (TPSA) is 237 Å². The molecule has 0 bridgehead atoms. The molecule has 3 rings (SSSR count). The van der Waals surface area contributed by atoms with Gasteiger partial charge in [-0.15, -0.1) is 0 Å². The summed E-state index contributed by atoms with van der Waals surface area (Å²) < 4.78 is 36.7. The van der Waals surface area contributed by atoms with Crippen LogP contribution in [0.3, 0.4) is 0 Å².